The van der Waals surface area contributed by atoms with E-state index in [-0.39, 0.29) is 10.4 Å². The molecule has 1 aromatic carbocycles. The fraction of sp³-hybridized carbons (Fsp3) is 0.500. The van der Waals surface area contributed by atoms with E-state index in [4.69, 9.17) is 9.29 Å². The van der Waals surface area contributed by atoms with Crippen molar-refractivity contribution in [1.29, 1.82) is 0 Å². The van der Waals surface area contributed by atoms with Crippen LogP contribution in [0.5, 0.6) is 0 Å². The van der Waals surface area contributed by atoms with Gasteiger partial charge < -0.3 is 4.74 Å². The first-order chi connectivity index (χ1) is 8.21. The predicted octanol–water partition coefficient (Wildman–Crippen LogP) is 1.58. The maximum absolute atomic E-state index is 10.5. The Kier molecular flexibility index (Phi) is 4.86. The quantitative estimate of drug-likeness (QED) is 0.760. The number of hydrogen-bond acceptors (Lipinski definition) is 4. The van der Waals surface area contributed by atoms with Gasteiger partial charge in [-0.2, -0.15) is 8.42 Å². The fourth-order valence-electron chi connectivity index (χ4n) is 1.31. The topological polar surface area (TPSA) is 75.6 Å². The van der Waals surface area contributed by atoms with E-state index in [0.29, 0.717) is 6.73 Å². The Balaban J connectivity index is 0.000000199. The van der Waals surface area contributed by atoms with Crippen molar-refractivity contribution in [3.05, 3.63) is 29.8 Å². The van der Waals surface area contributed by atoms with Crippen LogP contribution in [0, 0.1) is 6.92 Å². The monoisotopic (exact) mass is 273 g/mol. The third kappa shape index (κ3) is 5.14. The smallest absolute Gasteiger partial charge is 0.294 e. The highest BCUT2D eigenvalue weighted by Gasteiger charge is 2.21. The summed E-state index contributed by atoms with van der Waals surface area (Å²) in [4.78, 5) is -0.0666. The van der Waals surface area contributed by atoms with Crippen LogP contribution < -0.4 is 5.32 Å². The average Bonchev–Trinajstić information content (AvgIpc) is 2.63. The lowest BCUT2D eigenvalue weighted by molar-refractivity contribution is 0.182. The summed E-state index contributed by atoms with van der Waals surface area (Å²) in [7, 11) is -4.02. The third-order valence-electron chi connectivity index (χ3n) is 2.43. The van der Waals surface area contributed by atoms with E-state index in [9.17, 15) is 8.42 Å². The van der Waals surface area contributed by atoms with Crippen LogP contribution in [0.2, 0.25) is 0 Å². The number of hydrogen-bond donors (Lipinski definition) is 2. The predicted molar refractivity (Wildman–Crippen MR) is 69.0 cm³/mol. The van der Waals surface area contributed by atoms with Gasteiger partial charge in [-0.15, -0.1) is 0 Å². The van der Waals surface area contributed by atoms with Gasteiger partial charge in [-0.1, -0.05) is 17.7 Å². The number of aryl methyl sites for hydroxylation is 1. The molecule has 0 saturated carbocycles. The lowest BCUT2D eigenvalue weighted by atomic mass is 10.1. The molecular weight excluding hydrogens is 254 g/mol. The van der Waals surface area contributed by atoms with Crippen molar-refractivity contribution in [2.24, 2.45) is 0 Å². The van der Waals surface area contributed by atoms with E-state index in [1.165, 1.54) is 12.1 Å². The van der Waals surface area contributed by atoms with Crippen LogP contribution in [0.3, 0.4) is 0 Å². The van der Waals surface area contributed by atoms with Gasteiger partial charge in [0.05, 0.1) is 18.2 Å². The Morgan fingerprint density at radius 2 is 1.83 bits per heavy atom. The molecule has 0 aromatic heterocycles. The highest BCUT2D eigenvalue weighted by molar-refractivity contribution is 7.85. The maximum atomic E-state index is 10.5. The van der Waals surface area contributed by atoms with Gasteiger partial charge >= 0.3 is 0 Å². The van der Waals surface area contributed by atoms with Crippen LogP contribution in [0.4, 0.5) is 0 Å². The molecule has 1 aliphatic rings. The van der Waals surface area contributed by atoms with Crippen molar-refractivity contribution in [3.63, 3.8) is 0 Å². The molecule has 1 heterocycles. The Hall–Kier alpha value is -0.950. The highest BCUT2D eigenvalue weighted by atomic mass is 32.2. The van der Waals surface area contributed by atoms with Crippen molar-refractivity contribution < 1.29 is 17.7 Å². The number of rotatable bonds is 1. The molecule has 6 heteroatoms. The SMILES string of the molecule is CC1(C)COCN1.Cc1ccc(S(=O)(=O)O)cc1. The normalized spacial score (nSPS) is 18.0. The van der Waals surface area contributed by atoms with Crippen LogP contribution in [0.25, 0.3) is 0 Å². The van der Waals surface area contributed by atoms with Crippen molar-refractivity contribution >= 4 is 10.1 Å². The maximum Gasteiger partial charge on any atom is 0.294 e. The Morgan fingerprint density at radius 3 is 2.11 bits per heavy atom. The van der Waals surface area contributed by atoms with Gasteiger partial charge in [-0.25, -0.2) is 0 Å². The van der Waals surface area contributed by atoms with Crippen LogP contribution in [0.15, 0.2) is 29.2 Å². The van der Waals surface area contributed by atoms with E-state index < -0.39 is 10.1 Å². The molecule has 1 saturated heterocycles. The number of ether oxygens (including phenoxy) is 1. The van der Waals surface area contributed by atoms with E-state index in [0.717, 1.165) is 12.2 Å². The van der Waals surface area contributed by atoms with Gasteiger partial charge in [0, 0.05) is 5.54 Å². The van der Waals surface area contributed by atoms with Crippen molar-refractivity contribution in [2.45, 2.75) is 31.2 Å². The van der Waals surface area contributed by atoms with Gasteiger partial charge in [0.25, 0.3) is 10.1 Å². The molecule has 0 aliphatic carbocycles. The zero-order valence-electron chi connectivity index (χ0n) is 10.8. The fourth-order valence-corrected chi connectivity index (χ4v) is 1.79. The van der Waals surface area contributed by atoms with E-state index >= 15 is 0 Å². The van der Waals surface area contributed by atoms with E-state index in [2.05, 4.69) is 19.2 Å². The molecule has 2 rings (SSSR count). The standard InChI is InChI=1S/C7H8O3S.C5H11NO/c1-6-2-4-7(5-3-6)11(8,9)10;1-5(2)3-7-4-6-5/h2-5H,1H3,(H,8,9,10);6H,3-4H2,1-2H3. The molecule has 18 heavy (non-hydrogen) atoms. The molecule has 0 atom stereocenters. The molecule has 0 unspecified atom stereocenters. The Bertz CT molecular complexity index is 471. The summed E-state index contributed by atoms with van der Waals surface area (Å²) in [6.07, 6.45) is 0. The summed E-state index contributed by atoms with van der Waals surface area (Å²) in [5.74, 6) is 0. The van der Waals surface area contributed by atoms with Crippen LogP contribution in [-0.4, -0.2) is 31.8 Å². The van der Waals surface area contributed by atoms with Crippen LogP contribution in [0.1, 0.15) is 19.4 Å². The van der Waals surface area contributed by atoms with Crippen LogP contribution >= 0.6 is 0 Å². The molecule has 0 bridgehead atoms. The number of nitrogens with one attached hydrogen (secondary N) is 1. The molecule has 1 fully saturated rings. The zero-order chi connectivity index (χ0) is 13.8. The highest BCUT2D eigenvalue weighted by Crippen LogP contribution is 2.08. The minimum Gasteiger partial charge on any atom is -0.364 e. The van der Waals surface area contributed by atoms with Gasteiger partial charge in [-0.05, 0) is 32.9 Å². The minimum atomic E-state index is -4.02. The van der Waals surface area contributed by atoms with Gasteiger partial charge in [0.1, 0.15) is 0 Å². The molecule has 102 valence electrons. The second-order valence-electron chi connectivity index (χ2n) is 4.84. The molecule has 0 spiro atoms. The Morgan fingerprint density at radius 1 is 1.28 bits per heavy atom. The second-order valence-corrected chi connectivity index (χ2v) is 6.26. The third-order valence-corrected chi connectivity index (χ3v) is 3.30. The molecule has 2 N–H and O–H groups in total. The summed E-state index contributed by atoms with van der Waals surface area (Å²) >= 11 is 0. The minimum absolute atomic E-state index is 0.0666. The molecule has 1 aliphatic heterocycles. The molecule has 0 radical (unpaired) electrons. The summed E-state index contributed by atoms with van der Waals surface area (Å²) in [5.41, 5.74) is 1.18. The summed E-state index contributed by atoms with van der Waals surface area (Å²) in [6.45, 7) is 7.65. The number of benzene rings is 1. The van der Waals surface area contributed by atoms with Crippen molar-refractivity contribution in [1.82, 2.24) is 5.32 Å². The van der Waals surface area contributed by atoms with Crippen LogP contribution in [-0.2, 0) is 14.9 Å². The second kappa shape index (κ2) is 5.79. The zero-order valence-corrected chi connectivity index (χ0v) is 11.6. The van der Waals surface area contributed by atoms with Crippen molar-refractivity contribution in [3.8, 4) is 0 Å². The largest absolute Gasteiger partial charge is 0.364 e. The lowest BCUT2D eigenvalue weighted by Crippen LogP contribution is -2.34. The van der Waals surface area contributed by atoms with Gasteiger partial charge in [0.15, 0.2) is 0 Å². The summed E-state index contributed by atoms with van der Waals surface area (Å²) in [5, 5.41) is 3.17. The summed E-state index contributed by atoms with van der Waals surface area (Å²) < 4.78 is 34.6. The first-order valence-corrected chi connectivity index (χ1v) is 7.02. The van der Waals surface area contributed by atoms with E-state index in [1.807, 2.05) is 6.92 Å². The lowest BCUT2D eigenvalue weighted by Gasteiger charge is -2.12. The summed E-state index contributed by atoms with van der Waals surface area (Å²) in [6, 6.07) is 5.99. The van der Waals surface area contributed by atoms with E-state index in [1.54, 1.807) is 12.1 Å². The molecule has 0 amide bonds. The first-order valence-electron chi connectivity index (χ1n) is 5.58. The molecule has 5 nitrogen and oxygen atoms in total. The molecule has 1 aromatic rings. The van der Waals surface area contributed by atoms with Crippen molar-refractivity contribution in [2.75, 3.05) is 13.3 Å². The van der Waals surface area contributed by atoms with Gasteiger partial charge in [0.2, 0.25) is 0 Å². The average molecular weight is 273 g/mol. The first kappa shape index (κ1) is 15.1. The van der Waals surface area contributed by atoms with Gasteiger partial charge in [-0.3, -0.25) is 9.87 Å². The molecular formula is C12H19NO4S. The Labute approximate surface area is 108 Å².